The van der Waals surface area contributed by atoms with Gasteiger partial charge in [-0.2, -0.15) is 0 Å². The fourth-order valence-corrected chi connectivity index (χ4v) is 7.51. The molecule has 0 fully saturated rings. The van der Waals surface area contributed by atoms with E-state index in [2.05, 4.69) is 138 Å². The smallest absolute Gasteiger partial charge is 0.145 e. The number of aromatic nitrogens is 1. The average Bonchev–Trinajstić information content (AvgIpc) is 3.71. The van der Waals surface area contributed by atoms with Crippen molar-refractivity contribution in [1.29, 1.82) is 0 Å². The monoisotopic (exact) mass is 541 g/mol. The predicted molar refractivity (Wildman–Crippen MR) is 174 cm³/mol. The van der Waals surface area contributed by atoms with Crippen LogP contribution in [0.2, 0.25) is 0 Å². The van der Waals surface area contributed by atoms with Gasteiger partial charge in [0.1, 0.15) is 11.3 Å². The fraction of sp³-hybridized carbons (Fsp3) is 0. The molecule has 3 heteroatoms. The Morgan fingerprint density at radius 1 is 0.488 bits per heavy atom. The molecule has 0 aliphatic rings. The van der Waals surface area contributed by atoms with Crippen molar-refractivity contribution in [2.24, 2.45) is 0 Å². The van der Waals surface area contributed by atoms with Gasteiger partial charge in [-0.15, -0.1) is 11.3 Å². The highest BCUT2D eigenvalue weighted by molar-refractivity contribution is 7.25. The van der Waals surface area contributed by atoms with Crippen LogP contribution in [-0.2, 0) is 0 Å². The number of rotatable bonds is 3. The number of para-hydroxylation sites is 1. The largest absolute Gasteiger partial charge is 0.455 e. The molecule has 0 saturated carbocycles. The summed E-state index contributed by atoms with van der Waals surface area (Å²) >= 11 is 1.85. The second kappa shape index (κ2) is 8.69. The highest BCUT2D eigenvalue weighted by atomic mass is 32.1. The molecule has 6 aromatic carbocycles. The highest BCUT2D eigenvalue weighted by Crippen LogP contribution is 2.46. The average molecular weight is 542 g/mol. The molecular weight excluding hydrogens is 518 g/mol. The lowest BCUT2D eigenvalue weighted by atomic mass is 9.98. The van der Waals surface area contributed by atoms with E-state index in [4.69, 9.17) is 4.42 Å². The highest BCUT2D eigenvalue weighted by Gasteiger charge is 2.23. The van der Waals surface area contributed by atoms with Crippen LogP contribution in [-0.4, -0.2) is 4.57 Å². The van der Waals surface area contributed by atoms with Gasteiger partial charge in [0.15, 0.2) is 0 Å². The van der Waals surface area contributed by atoms with E-state index in [1.54, 1.807) is 0 Å². The van der Waals surface area contributed by atoms with E-state index in [-0.39, 0.29) is 0 Å². The lowest BCUT2D eigenvalue weighted by molar-refractivity contribution is 0.636. The van der Waals surface area contributed by atoms with Crippen molar-refractivity contribution < 1.29 is 4.42 Å². The third-order valence-electron chi connectivity index (χ3n) is 8.21. The summed E-state index contributed by atoms with van der Waals surface area (Å²) < 4.78 is 11.9. The second-order valence-corrected chi connectivity index (χ2v) is 11.6. The van der Waals surface area contributed by atoms with Crippen LogP contribution in [0.25, 0.3) is 81.1 Å². The Hall–Kier alpha value is -5.12. The van der Waals surface area contributed by atoms with Crippen molar-refractivity contribution in [2.45, 2.75) is 0 Å². The summed E-state index contributed by atoms with van der Waals surface area (Å²) in [4.78, 5) is 0. The van der Waals surface area contributed by atoms with E-state index in [1.807, 2.05) is 17.4 Å². The quantitative estimate of drug-likeness (QED) is 0.217. The lowest BCUT2D eigenvalue weighted by Gasteiger charge is -2.08. The summed E-state index contributed by atoms with van der Waals surface area (Å²) in [6, 6.07) is 49.8. The Bertz CT molecular complexity index is 2410. The zero-order valence-electron chi connectivity index (χ0n) is 22.0. The number of furan rings is 1. The Labute approximate surface area is 240 Å². The van der Waals surface area contributed by atoms with Crippen LogP contribution in [0.5, 0.6) is 0 Å². The van der Waals surface area contributed by atoms with E-state index in [0.717, 1.165) is 50.0 Å². The van der Waals surface area contributed by atoms with Crippen molar-refractivity contribution in [1.82, 2.24) is 4.57 Å². The van der Waals surface area contributed by atoms with Gasteiger partial charge in [0, 0.05) is 47.8 Å². The summed E-state index contributed by atoms with van der Waals surface area (Å²) in [6.45, 7) is 0. The van der Waals surface area contributed by atoms with Gasteiger partial charge in [-0.3, -0.25) is 0 Å². The summed E-state index contributed by atoms with van der Waals surface area (Å²) in [5.74, 6) is 0.905. The SMILES string of the molecule is c1ccc(-c2oc3c(ccc4c3c3ccccc3n4-c3ccc4sc5ccccc5c4c3)c2-c2ccccc2)cc1. The number of hydrogen-bond donors (Lipinski definition) is 0. The van der Waals surface area contributed by atoms with Gasteiger partial charge in [0.05, 0.1) is 16.4 Å². The number of fused-ring (bicyclic) bond motifs is 8. The summed E-state index contributed by atoms with van der Waals surface area (Å²) in [5.41, 5.74) is 7.77. The molecule has 3 aromatic heterocycles. The van der Waals surface area contributed by atoms with Gasteiger partial charge in [-0.1, -0.05) is 97.1 Å². The normalized spacial score (nSPS) is 11.9. The van der Waals surface area contributed by atoms with Crippen LogP contribution in [0.4, 0.5) is 0 Å². The number of nitrogens with zero attached hydrogens (tertiary/aromatic N) is 1. The summed E-state index contributed by atoms with van der Waals surface area (Å²) in [6.07, 6.45) is 0. The van der Waals surface area contributed by atoms with Gasteiger partial charge < -0.3 is 8.98 Å². The second-order valence-electron chi connectivity index (χ2n) is 10.5. The van der Waals surface area contributed by atoms with Crippen LogP contribution in [0, 0.1) is 0 Å². The van der Waals surface area contributed by atoms with Crippen LogP contribution in [0.15, 0.2) is 144 Å². The molecule has 0 radical (unpaired) electrons. The van der Waals surface area contributed by atoms with E-state index in [1.165, 1.54) is 31.1 Å². The van der Waals surface area contributed by atoms with Crippen molar-refractivity contribution >= 4 is 64.3 Å². The van der Waals surface area contributed by atoms with Gasteiger partial charge >= 0.3 is 0 Å². The molecule has 3 heterocycles. The van der Waals surface area contributed by atoms with Crippen LogP contribution >= 0.6 is 11.3 Å². The zero-order valence-corrected chi connectivity index (χ0v) is 22.9. The molecule has 0 aliphatic heterocycles. The molecule has 9 rings (SSSR count). The molecule has 0 bridgehead atoms. The fourth-order valence-electron chi connectivity index (χ4n) is 6.42. The molecule has 0 spiro atoms. The number of thiophene rings is 1. The van der Waals surface area contributed by atoms with Crippen LogP contribution < -0.4 is 0 Å². The Kier molecular flexibility index (Phi) is 4.80. The molecule has 0 amide bonds. The van der Waals surface area contributed by atoms with Gasteiger partial charge in [-0.25, -0.2) is 0 Å². The van der Waals surface area contributed by atoms with Crippen LogP contribution in [0.1, 0.15) is 0 Å². The molecule has 0 atom stereocenters. The third-order valence-corrected chi connectivity index (χ3v) is 9.36. The van der Waals surface area contributed by atoms with Crippen molar-refractivity contribution in [2.75, 3.05) is 0 Å². The first-order chi connectivity index (χ1) is 20.3. The molecule has 0 aliphatic carbocycles. The molecular formula is C38H23NOS. The molecule has 41 heavy (non-hydrogen) atoms. The molecule has 0 N–H and O–H groups in total. The minimum Gasteiger partial charge on any atom is -0.455 e. The van der Waals surface area contributed by atoms with E-state index in [9.17, 15) is 0 Å². The van der Waals surface area contributed by atoms with E-state index >= 15 is 0 Å². The molecule has 0 unspecified atom stereocenters. The summed E-state index contributed by atoms with van der Waals surface area (Å²) in [5, 5.41) is 6.07. The maximum Gasteiger partial charge on any atom is 0.145 e. The lowest BCUT2D eigenvalue weighted by Crippen LogP contribution is -1.93. The van der Waals surface area contributed by atoms with Crippen molar-refractivity contribution in [3.63, 3.8) is 0 Å². The minimum absolute atomic E-state index is 0.905. The summed E-state index contributed by atoms with van der Waals surface area (Å²) in [7, 11) is 0. The van der Waals surface area contributed by atoms with Crippen molar-refractivity contribution in [3.8, 4) is 28.1 Å². The number of benzene rings is 6. The Morgan fingerprint density at radius 2 is 1.17 bits per heavy atom. The Morgan fingerprint density at radius 3 is 2.00 bits per heavy atom. The van der Waals surface area contributed by atoms with Crippen LogP contribution in [0.3, 0.4) is 0 Å². The molecule has 0 saturated heterocycles. The first-order valence-corrected chi connectivity index (χ1v) is 14.7. The van der Waals surface area contributed by atoms with Gasteiger partial charge in [0.2, 0.25) is 0 Å². The maximum atomic E-state index is 6.91. The zero-order chi connectivity index (χ0) is 26.9. The Balaban J connectivity index is 1.40. The molecule has 2 nitrogen and oxygen atoms in total. The standard InChI is InChI=1S/C38H23NOS/c1-3-11-24(12-4-1)35-29-20-21-32-36(38(29)40-37(35)25-13-5-2-6-14-25)28-16-7-9-17-31(28)39(32)26-19-22-34-30(23-26)27-15-8-10-18-33(27)41-34/h1-23H. The third kappa shape index (κ3) is 3.30. The topological polar surface area (TPSA) is 18.1 Å². The van der Waals surface area contributed by atoms with E-state index in [0.29, 0.717) is 0 Å². The van der Waals surface area contributed by atoms with Gasteiger partial charge in [-0.05, 0) is 48.0 Å². The first-order valence-electron chi connectivity index (χ1n) is 13.9. The van der Waals surface area contributed by atoms with Gasteiger partial charge in [0.25, 0.3) is 0 Å². The molecule has 192 valence electrons. The maximum absolute atomic E-state index is 6.91. The predicted octanol–water partition coefficient (Wildman–Crippen LogP) is 11.2. The van der Waals surface area contributed by atoms with E-state index < -0.39 is 0 Å². The minimum atomic E-state index is 0.905. The molecule has 9 aromatic rings. The number of hydrogen-bond acceptors (Lipinski definition) is 2. The van der Waals surface area contributed by atoms with Crippen molar-refractivity contribution in [3.05, 3.63) is 140 Å². The first kappa shape index (κ1) is 22.7.